The summed E-state index contributed by atoms with van der Waals surface area (Å²) in [6, 6.07) is 8.21. The molecule has 0 aliphatic rings. The van der Waals surface area contributed by atoms with Gasteiger partial charge in [0, 0.05) is 22.6 Å². The molecule has 0 aromatic heterocycles. The molecule has 5 heteroatoms. The summed E-state index contributed by atoms with van der Waals surface area (Å²) in [6.07, 6.45) is 0. The molecule has 0 atom stereocenters. The Morgan fingerprint density at radius 1 is 1.06 bits per heavy atom. The van der Waals surface area contributed by atoms with Crippen molar-refractivity contribution in [3.05, 3.63) is 58.1 Å². The Morgan fingerprint density at radius 2 is 1.83 bits per heavy atom. The standard InChI is InChI=1S/C13H10BrF2NO/c14-9-1-4-12(8(5-9)7-17)18-13-6-10(15)2-3-11(13)16/h1-6H,7,17H2. The summed E-state index contributed by atoms with van der Waals surface area (Å²) >= 11 is 3.30. The van der Waals surface area contributed by atoms with Gasteiger partial charge in [0.05, 0.1) is 0 Å². The van der Waals surface area contributed by atoms with Gasteiger partial charge < -0.3 is 10.5 Å². The minimum atomic E-state index is -0.623. The normalized spacial score (nSPS) is 10.4. The highest BCUT2D eigenvalue weighted by atomic mass is 79.9. The van der Waals surface area contributed by atoms with Crippen molar-refractivity contribution >= 4 is 15.9 Å². The highest BCUT2D eigenvalue weighted by Gasteiger charge is 2.09. The summed E-state index contributed by atoms with van der Waals surface area (Å²) in [4.78, 5) is 0. The minimum Gasteiger partial charge on any atom is -0.454 e. The zero-order valence-electron chi connectivity index (χ0n) is 9.29. The number of ether oxygens (including phenoxy) is 1. The Morgan fingerprint density at radius 3 is 2.56 bits per heavy atom. The number of hydrogen-bond donors (Lipinski definition) is 1. The van der Waals surface area contributed by atoms with Crippen molar-refractivity contribution in [3.63, 3.8) is 0 Å². The lowest BCUT2D eigenvalue weighted by atomic mass is 10.2. The molecule has 0 saturated carbocycles. The van der Waals surface area contributed by atoms with Crippen LogP contribution in [0.15, 0.2) is 40.9 Å². The quantitative estimate of drug-likeness (QED) is 0.930. The predicted molar refractivity (Wildman–Crippen MR) is 68.5 cm³/mol. The zero-order chi connectivity index (χ0) is 13.1. The fourth-order valence-electron chi connectivity index (χ4n) is 1.48. The molecule has 0 saturated heterocycles. The van der Waals surface area contributed by atoms with Crippen LogP contribution in [0.4, 0.5) is 8.78 Å². The average molecular weight is 314 g/mol. The molecule has 0 bridgehead atoms. The molecule has 0 aliphatic heterocycles. The van der Waals surface area contributed by atoms with Crippen molar-refractivity contribution in [1.29, 1.82) is 0 Å². The molecule has 0 unspecified atom stereocenters. The molecule has 2 rings (SSSR count). The van der Waals surface area contributed by atoms with E-state index in [0.717, 1.165) is 22.7 Å². The van der Waals surface area contributed by atoms with Crippen LogP contribution in [-0.4, -0.2) is 0 Å². The maximum absolute atomic E-state index is 13.4. The van der Waals surface area contributed by atoms with Crippen LogP contribution in [0.3, 0.4) is 0 Å². The molecule has 2 aromatic carbocycles. The van der Waals surface area contributed by atoms with Gasteiger partial charge in [-0.1, -0.05) is 15.9 Å². The van der Waals surface area contributed by atoms with Gasteiger partial charge in [0.15, 0.2) is 11.6 Å². The number of benzene rings is 2. The van der Waals surface area contributed by atoms with Crippen LogP contribution >= 0.6 is 15.9 Å². The highest BCUT2D eigenvalue weighted by molar-refractivity contribution is 9.10. The first-order valence-electron chi connectivity index (χ1n) is 5.21. The number of halogens is 3. The number of rotatable bonds is 3. The number of hydrogen-bond acceptors (Lipinski definition) is 2. The molecule has 18 heavy (non-hydrogen) atoms. The zero-order valence-corrected chi connectivity index (χ0v) is 10.9. The topological polar surface area (TPSA) is 35.2 Å². The lowest BCUT2D eigenvalue weighted by Crippen LogP contribution is -2.00. The van der Waals surface area contributed by atoms with E-state index in [1.165, 1.54) is 0 Å². The van der Waals surface area contributed by atoms with E-state index < -0.39 is 11.6 Å². The Bertz CT molecular complexity index is 575. The Hall–Kier alpha value is -1.46. The van der Waals surface area contributed by atoms with Crippen molar-refractivity contribution in [2.24, 2.45) is 5.73 Å². The summed E-state index contributed by atoms with van der Waals surface area (Å²) in [6.45, 7) is 0.242. The first-order chi connectivity index (χ1) is 8.60. The third kappa shape index (κ3) is 2.86. The second kappa shape index (κ2) is 5.46. The lowest BCUT2D eigenvalue weighted by Gasteiger charge is -2.11. The van der Waals surface area contributed by atoms with E-state index in [9.17, 15) is 8.78 Å². The van der Waals surface area contributed by atoms with Crippen LogP contribution in [0.2, 0.25) is 0 Å². The van der Waals surface area contributed by atoms with Crippen molar-refractivity contribution in [2.75, 3.05) is 0 Å². The van der Waals surface area contributed by atoms with E-state index in [4.69, 9.17) is 10.5 Å². The van der Waals surface area contributed by atoms with Gasteiger partial charge in [0.1, 0.15) is 11.6 Å². The molecule has 0 aliphatic carbocycles. The van der Waals surface area contributed by atoms with Crippen LogP contribution in [0.5, 0.6) is 11.5 Å². The smallest absolute Gasteiger partial charge is 0.165 e. The third-order valence-electron chi connectivity index (χ3n) is 2.36. The van der Waals surface area contributed by atoms with Crippen LogP contribution in [0, 0.1) is 11.6 Å². The molecule has 0 heterocycles. The predicted octanol–water partition coefficient (Wildman–Crippen LogP) is 3.98. The fourth-order valence-corrected chi connectivity index (χ4v) is 1.89. The van der Waals surface area contributed by atoms with E-state index >= 15 is 0 Å². The van der Waals surface area contributed by atoms with E-state index in [-0.39, 0.29) is 12.3 Å². The minimum absolute atomic E-state index is 0.160. The summed E-state index contributed by atoms with van der Waals surface area (Å²) in [5.41, 5.74) is 6.27. The molecule has 2 N–H and O–H groups in total. The van der Waals surface area contributed by atoms with E-state index in [1.807, 2.05) is 0 Å². The van der Waals surface area contributed by atoms with Gasteiger partial charge >= 0.3 is 0 Å². The maximum Gasteiger partial charge on any atom is 0.165 e. The molecule has 2 aromatic rings. The maximum atomic E-state index is 13.4. The molecule has 94 valence electrons. The average Bonchev–Trinajstić information content (AvgIpc) is 2.36. The Kier molecular flexibility index (Phi) is 3.93. The second-order valence-corrected chi connectivity index (χ2v) is 4.55. The van der Waals surface area contributed by atoms with Crippen LogP contribution < -0.4 is 10.5 Å². The molecule has 0 spiro atoms. The van der Waals surface area contributed by atoms with Gasteiger partial charge in [-0.25, -0.2) is 8.78 Å². The Labute approximate surface area is 112 Å². The van der Waals surface area contributed by atoms with Crippen molar-refractivity contribution < 1.29 is 13.5 Å². The highest BCUT2D eigenvalue weighted by Crippen LogP contribution is 2.29. The Balaban J connectivity index is 2.36. The van der Waals surface area contributed by atoms with Gasteiger partial charge in [-0.2, -0.15) is 0 Å². The molecule has 2 nitrogen and oxygen atoms in total. The largest absolute Gasteiger partial charge is 0.454 e. The monoisotopic (exact) mass is 313 g/mol. The van der Waals surface area contributed by atoms with Gasteiger partial charge in [-0.05, 0) is 30.3 Å². The number of nitrogens with two attached hydrogens (primary N) is 1. The van der Waals surface area contributed by atoms with Crippen LogP contribution in [-0.2, 0) is 6.54 Å². The summed E-state index contributed by atoms with van der Waals surface area (Å²) in [7, 11) is 0. The van der Waals surface area contributed by atoms with E-state index in [1.54, 1.807) is 18.2 Å². The first-order valence-corrected chi connectivity index (χ1v) is 6.01. The van der Waals surface area contributed by atoms with E-state index in [2.05, 4.69) is 15.9 Å². The van der Waals surface area contributed by atoms with Crippen molar-refractivity contribution in [1.82, 2.24) is 0 Å². The van der Waals surface area contributed by atoms with Crippen LogP contribution in [0.1, 0.15) is 5.56 Å². The molecule has 0 radical (unpaired) electrons. The van der Waals surface area contributed by atoms with E-state index in [0.29, 0.717) is 11.3 Å². The summed E-state index contributed by atoms with van der Waals surface area (Å²) in [5.74, 6) is -0.933. The van der Waals surface area contributed by atoms with Gasteiger partial charge in [0.25, 0.3) is 0 Å². The second-order valence-electron chi connectivity index (χ2n) is 3.63. The molecule has 0 amide bonds. The van der Waals surface area contributed by atoms with Gasteiger partial charge in [-0.15, -0.1) is 0 Å². The van der Waals surface area contributed by atoms with Crippen LogP contribution in [0.25, 0.3) is 0 Å². The van der Waals surface area contributed by atoms with Crippen molar-refractivity contribution in [2.45, 2.75) is 6.54 Å². The lowest BCUT2D eigenvalue weighted by molar-refractivity contribution is 0.432. The third-order valence-corrected chi connectivity index (χ3v) is 2.85. The van der Waals surface area contributed by atoms with Gasteiger partial charge in [-0.3, -0.25) is 0 Å². The first kappa shape index (κ1) is 13.0. The summed E-state index contributed by atoms with van der Waals surface area (Å²) < 4.78 is 32.6. The van der Waals surface area contributed by atoms with Crippen molar-refractivity contribution in [3.8, 4) is 11.5 Å². The van der Waals surface area contributed by atoms with Gasteiger partial charge in [0.2, 0.25) is 0 Å². The fraction of sp³-hybridized carbons (Fsp3) is 0.0769. The summed E-state index contributed by atoms with van der Waals surface area (Å²) in [5, 5.41) is 0. The SMILES string of the molecule is NCc1cc(Br)ccc1Oc1cc(F)ccc1F. The molecular formula is C13H10BrF2NO. The molecule has 0 fully saturated rings. The molecular weight excluding hydrogens is 304 g/mol.